The molecular formula is C16H24O3S. The maximum Gasteiger partial charge on any atom is 0.150 e. The Kier molecular flexibility index (Phi) is 4.55. The predicted octanol–water partition coefficient (Wildman–Crippen LogP) is 2.94. The van der Waals surface area contributed by atoms with Crippen molar-refractivity contribution in [2.24, 2.45) is 5.92 Å². The quantitative estimate of drug-likeness (QED) is 0.933. The van der Waals surface area contributed by atoms with Crippen LogP contribution in [0.25, 0.3) is 0 Å². The molecule has 3 atom stereocenters. The average Bonchev–Trinajstić information content (AvgIpc) is 2.40. The van der Waals surface area contributed by atoms with E-state index in [9.17, 15) is 13.5 Å². The van der Waals surface area contributed by atoms with Crippen molar-refractivity contribution in [2.45, 2.75) is 50.9 Å². The summed E-state index contributed by atoms with van der Waals surface area (Å²) in [7, 11) is -3.00. The molecule has 0 aromatic heterocycles. The molecule has 1 N–H and O–H groups in total. The summed E-state index contributed by atoms with van der Waals surface area (Å²) in [5.74, 6) is 0.0453. The molecule has 3 nitrogen and oxygen atoms in total. The monoisotopic (exact) mass is 296 g/mol. The summed E-state index contributed by atoms with van der Waals surface area (Å²) in [4.78, 5) is 0. The minimum Gasteiger partial charge on any atom is -0.388 e. The van der Waals surface area contributed by atoms with Crippen molar-refractivity contribution in [1.82, 2.24) is 0 Å². The van der Waals surface area contributed by atoms with Crippen LogP contribution in [0.2, 0.25) is 0 Å². The minimum absolute atomic E-state index is 0.0453. The molecule has 1 aliphatic carbocycles. The molecule has 2 rings (SSSR count). The molecule has 112 valence electrons. The van der Waals surface area contributed by atoms with Crippen LogP contribution in [0, 0.1) is 19.8 Å². The third-order valence-corrected chi connectivity index (χ3v) is 6.11. The normalized spacial score (nSPS) is 25.4. The number of sulfone groups is 1. The van der Waals surface area contributed by atoms with E-state index in [4.69, 9.17) is 0 Å². The molecule has 0 amide bonds. The Balaban J connectivity index is 2.20. The van der Waals surface area contributed by atoms with Gasteiger partial charge in [0.1, 0.15) is 9.84 Å². The highest BCUT2D eigenvalue weighted by atomic mass is 32.2. The van der Waals surface area contributed by atoms with E-state index in [1.165, 1.54) is 6.26 Å². The number of hydrogen-bond donors (Lipinski definition) is 1. The number of benzene rings is 1. The number of rotatable bonds is 3. The molecular weight excluding hydrogens is 272 g/mol. The molecule has 0 radical (unpaired) electrons. The highest BCUT2D eigenvalue weighted by Crippen LogP contribution is 2.37. The highest BCUT2D eigenvalue weighted by Gasteiger charge is 2.33. The van der Waals surface area contributed by atoms with Gasteiger partial charge in [0.15, 0.2) is 0 Å². The van der Waals surface area contributed by atoms with Crippen LogP contribution >= 0.6 is 0 Å². The molecule has 1 aromatic carbocycles. The van der Waals surface area contributed by atoms with Gasteiger partial charge < -0.3 is 5.11 Å². The fourth-order valence-electron chi connectivity index (χ4n) is 3.19. The molecule has 0 bridgehead atoms. The number of hydrogen-bond acceptors (Lipinski definition) is 3. The maximum atomic E-state index is 11.7. The second-order valence-electron chi connectivity index (χ2n) is 6.18. The smallest absolute Gasteiger partial charge is 0.150 e. The van der Waals surface area contributed by atoms with Gasteiger partial charge in [0.25, 0.3) is 0 Å². The van der Waals surface area contributed by atoms with E-state index in [0.717, 1.165) is 36.0 Å². The van der Waals surface area contributed by atoms with Crippen LogP contribution in [0.1, 0.15) is 48.5 Å². The second-order valence-corrected chi connectivity index (χ2v) is 8.51. The van der Waals surface area contributed by atoms with E-state index in [-0.39, 0.29) is 11.2 Å². The lowest BCUT2D eigenvalue weighted by Gasteiger charge is -2.32. The topological polar surface area (TPSA) is 54.4 Å². The van der Waals surface area contributed by atoms with E-state index in [1.54, 1.807) is 0 Å². The lowest BCUT2D eigenvalue weighted by Crippen LogP contribution is -2.30. The predicted molar refractivity (Wildman–Crippen MR) is 81.5 cm³/mol. The van der Waals surface area contributed by atoms with Crippen LogP contribution in [0.15, 0.2) is 18.2 Å². The van der Waals surface area contributed by atoms with Gasteiger partial charge in [0.05, 0.1) is 11.4 Å². The molecule has 1 aromatic rings. The zero-order valence-electron chi connectivity index (χ0n) is 12.5. The molecule has 0 saturated heterocycles. The average molecular weight is 296 g/mol. The molecule has 4 heteroatoms. The summed E-state index contributed by atoms with van der Waals surface area (Å²) in [5.41, 5.74) is 3.15. The first-order valence-corrected chi connectivity index (χ1v) is 9.18. The van der Waals surface area contributed by atoms with Crippen LogP contribution < -0.4 is 0 Å². The zero-order chi connectivity index (χ0) is 14.9. The van der Waals surface area contributed by atoms with Crippen LogP contribution in [0.5, 0.6) is 0 Å². The van der Waals surface area contributed by atoms with Gasteiger partial charge in [0.2, 0.25) is 0 Å². The number of aliphatic hydroxyl groups excluding tert-OH is 1. The van der Waals surface area contributed by atoms with Gasteiger partial charge in [0, 0.05) is 6.26 Å². The molecule has 1 aliphatic rings. The van der Waals surface area contributed by atoms with Crippen molar-refractivity contribution in [3.05, 3.63) is 34.9 Å². The summed E-state index contributed by atoms with van der Waals surface area (Å²) in [6.45, 7) is 4.00. The molecule has 1 saturated carbocycles. The second kappa shape index (κ2) is 5.86. The molecule has 20 heavy (non-hydrogen) atoms. The summed E-state index contributed by atoms with van der Waals surface area (Å²) in [6, 6.07) is 6.07. The molecule has 0 spiro atoms. The molecule has 1 fully saturated rings. The van der Waals surface area contributed by atoms with Crippen molar-refractivity contribution in [3.8, 4) is 0 Å². The van der Waals surface area contributed by atoms with Gasteiger partial charge >= 0.3 is 0 Å². The third kappa shape index (κ3) is 3.41. The Morgan fingerprint density at radius 2 is 1.95 bits per heavy atom. The largest absolute Gasteiger partial charge is 0.388 e. The van der Waals surface area contributed by atoms with Crippen molar-refractivity contribution in [1.29, 1.82) is 0 Å². The Morgan fingerprint density at radius 3 is 2.60 bits per heavy atom. The minimum atomic E-state index is -3.00. The van der Waals surface area contributed by atoms with Gasteiger partial charge in [-0.1, -0.05) is 30.2 Å². The van der Waals surface area contributed by atoms with Crippen molar-refractivity contribution >= 4 is 9.84 Å². The van der Waals surface area contributed by atoms with E-state index >= 15 is 0 Å². The van der Waals surface area contributed by atoms with Crippen molar-refractivity contribution in [2.75, 3.05) is 6.26 Å². The SMILES string of the molecule is Cc1ccc(C)c(C(O)C2CCCC(S(C)(=O)=O)C2)c1. The van der Waals surface area contributed by atoms with Gasteiger partial charge in [-0.2, -0.15) is 0 Å². The van der Waals surface area contributed by atoms with Gasteiger partial charge in [-0.05, 0) is 50.2 Å². The van der Waals surface area contributed by atoms with Gasteiger partial charge in [-0.25, -0.2) is 8.42 Å². The van der Waals surface area contributed by atoms with E-state index < -0.39 is 15.9 Å². The van der Waals surface area contributed by atoms with Crippen LogP contribution in [0.3, 0.4) is 0 Å². The summed E-state index contributed by atoms with van der Waals surface area (Å²) < 4.78 is 23.5. The molecule has 0 heterocycles. The first-order chi connectivity index (χ1) is 9.29. The van der Waals surface area contributed by atoms with Crippen molar-refractivity contribution < 1.29 is 13.5 Å². The maximum absolute atomic E-state index is 11.7. The van der Waals surface area contributed by atoms with Crippen LogP contribution in [-0.2, 0) is 9.84 Å². The van der Waals surface area contributed by atoms with E-state index in [2.05, 4.69) is 0 Å². The van der Waals surface area contributed by atoms with Crippen molar-refractivity contribution in [3.63, 3.8) is 0 Å². The number of aliphatic hydroxyl groups is 1. The Hall–Kier alpha value is -0.870. The summed E-state index contributed by atoms with van der Waals surface area (Å²) in [5, 5.41) is 10.3. The Labute approximate surface area is 121 Å². The molecule has 3 unspecified atom stereocenters. The highest BCUT2D eigenvalue weighted by molar-refractivity contribution is 7.91. The Bertz CT molecular complexity index is 577. The van der Waals surface area contributed by atoms with E-state index in [1.807, 2.05) is 32.0 Å². The number of aryl methyl sites for hydroxylation is 2. The lowest BCUT2D eigenvalue weighted by atomic mass is 9.81. The first kappa shape index (κ1) is 15.5. The van der Waals surface area contributed by atoms with Crippen LogP contribution in [0.4, 0.5) is 0 Å². The first-order valence-electron chi connectivity index (χ1n) is 7.23. The lowest BCUT2D eigenvalue weighted by molar-refractivity contribution is 0.0851. The van der Waals surface area contributed by atoms with Gasteiger partial charge in [-0.15, -0.1) is 0 Å². The standard InChI is InChI=1S/C16H24O3S/c1-11-7-8-12(2)15(9-11)16(17)13-5-4-6-14(10-13)20(3,18)19/h7-9,13-14,16-17H,4-6,10H2,1-3H3. The summed E-state index contributed by atoms with van der Waals surface area (Å²) in [6.07, 6.45) is 3.84. The summed E-state index contributed by atoms with van der Waals surface area (Å²) >= 11 is 0. The Morgan fingerprint density at radius 1 is 1.25 bits per heavy atom. The van der Waals surface area contributed by atoms with E-state index in [0.29, 0.717) is 6.42 Å². The zero-order valence-corrected chi connectivity index (χ0v) is 13.3. The fourth-order valence-corrected chi connectivity index (χ4v) is 4.38. The van der Waals surface area contributed by atoms with Gasteiger partial charge in [-0.3, -0.25) is 0 Å². The van der Waals surface area contributed by atoms with Crippen LogP contribution in [-0.4, -0.2) is 25.0 Å². The molecule has 0 aliphatic heterocycles. The fraction of sp³-hybridized carbons (Fsp3) is 0.625. The third-order valence-electron chi connectivity index (χ3n) is 4.47.